The molecule has 1 fully saturated rings. The van der Waals surface area contributed by atoms with Crippen LogP contribution >= 0.6 is 11.6 Å². The lowest BCUT2D eigenvalue weighted by molar-refractivity contribution is -0.117. The second-order valence-corrected chi connectivity index (χ2v) is 5.56. The Balaban J connectivity index is 1.92. The van der Waals surface area contributed by atoms with Crippen LogP contribution in [0, 0.1) is 12.8 Å². The number of likely N-dealkylation sites (tertiary alicyclic amines) is 1. The van der Waals surface area contributed by atoms with Crippen molar-refractivity contribution in [3.63, 3.8) is 0 Å². The van der Waals surface area contributed by atoms with Crippen molar-refractivity contribution in [3.05, 3.63) is 28.8 Å². The number of aryl methyl sites for hydroxylation is 1. The second kappa shape index (κ2) is 5.72. The molecule has 1 atom stereocenters. The van der Waals surface area contributed by atoms with E-state index in [1.54, 1.807) is 6.07 Å². The Bertz CT molecular complexity index is 447. The number of nitrogens with one attached hydrogen (secondary N) is 1. The van der Waals surface area contributed by atoms with E-state index in [2.05, 4.69) is 17.3 Å². The van der Waals surface area contributed by atoms with Gasteiger partial charge in [-0.2, -0.15) is 0 Å². The lowest BCUT2D eigenvalue weighted by Crippen LogP contribution is -2.19. The quantitative estimate of drug-likeness (QED) is 0.912. The van der Waals surface area contributed by atoms with Crippen molar-refractivity contribution < 1.29 is 4.79 Å². The molecule has 0 bridgehead atoms. The fraction of sp³-hybridized carbons (Fsp3) is 0.500. The molecule has 3 nitrogen and oxygen atoms in total. The average Bonchev–Trinajstić information content (AvgIpc) is 2.69. The van der Waals surface area contributed by atoms with Crippen LogP contribution in [-0.2, 0) is 4.79 Å². The number of benzene rings is 1. The molecule has 1 amide bonds. The second-order valence-electron chi connectivity index (χ2n) is 5.13. The van der Waals surface area contributed by atoms with Crippen molar-refractivity contribution >= 4 is 23.2 Å². The highest BCUT2D eigenvalue weighted by atomic mass is 35.5. The van der Waals surface area contributed by atoms with Crippen LogP contribution in [0.1, 0.15) is 18.4 Å². The van der Waals surface area contributed by atoms with Crippen molar-refractivity contribution in [1.82, 2.24) is 4.90 Å². The summed E-state index contributed by atoms with van der Waals surface area (Å²) in [5.41, 5.74) is 1.86. The molecular formula is C14H19ClN2O. The van der Waals surface area contributed by atoms with Crippen LogP contribution in [-0.4, -0.2) is 30.9 Å². The summed E-state index contributed by atoms with van der Waals surface area (Å²) in [7, 11) is 2.10. The molecule has 0 aliphatic carbocycles. The van der Waals surface area contributed by atoms with Gasteiger partial charge >= 0.3 is 0 Å². The van der Waals surface area contributed by atoms with E-state index in [-0.39, 0.29) is 5.91 Å². The number of hydrogen-bond donors (Lipinski definition) is 1. The molecule has 1 aromatic rings. The molecule has 1 heterocycles. The molecule has 18 heavy (non-hydrogen) atoms. The lowest BCUT2D eigenvalue weighted by Gasteiger charge is -2.12. The zero-order valence-corrected chi connectivity index (χ0v) is 11.6. The number of hydrogen-bond acceptors (Lipinski definition) is 2. The minimum Gasteiger partial charge on any atom is -0.326 e. The summed E-state index contributed by atoms with van der Waals surface area (Å²) in [6.07, 6.45) is 1.70. The molecule has 98 valence electrons. The van der Waals surface area contributed by atoms with E-state index in [1.165, 1.54) is 0 Å². The normalized spacial score (nSPS) is 20.1. The predicted octanol–water partition coefficient (Wildman–Crippen LogP) is 2.93. The van der Waals surface area contributed by atoms with Gasteiger partial charge < -0.3 is 10.2 Å². The van der Waals surface area contributed by atoms with E-state index in [1.807, 2.05) is 19.1 Å². The Labute approximate surface area is 113 Å². The Morgan fingerprint density at radius 3 is 3.00 bits per heavy atom. The van der Waals surface area contributed by atoms with Gasteiger partial charge in [0.2, 0.25) is 5.91 Å². The molecule has 4 heteroatoms. The van der Waals surface area contributed by atoms with Gasteiger partial charge in [-0.1, -0.05) is 17.7 Å². The van der Waals surface area contributed by atoms with Gasteiger partial charge in [0, 0.05) is 23.7 Å². The maximum Gasteiger partial charge on any atom is 0.224 e. The standard InChI is InChI=1S/C14H19ClN2O/c1-10-3-4-12(15)8-13(10)16-14(18)7-11-5-6-17(2)9-11/h3-4,8,11H,5-7,9H2,1-2H3,(H,16,18). The van der Waals surface area contributed by atoms with Gasteiger partial charge in [0.05, 0.1) is 0 Å². The molecule has 0 aromatic heterocycles. The predicted molar refractivity (Wildman–Crippen MR) is 75.0 cm³/mol. The maximum atomic E-state index is 12.0. The van der Waals surface area contributed by atoms with Crippen molar-refractivity contribution in [3.8, 4) is 0 Å². The molecule has 1 aliphatic rings. The van der Waals surface area contributed by atoms with E-state index in [4.69, 9.17) is 11.6 Å². The Morgan fingerprint density at radius 2 is 2.33 bits per heavy atom. The molecule has 1 N–H and O–H groups in total. The van der Waals surface area contributed by atoms with Gasteiger partial charge in [-0.15, -0.1) is 0 Å². The summed E-state index contributed by atoms with van der Waals surface area (Å²) in [4.78, 5) is 14.2. The van der Waals surface area contributed by atoms with Gasteiger partial charge in [0.25, 0.3) is 0 Å². The Morgan fingerprint density at radius 1 is 1.56 bits per heavy atom. The first kappa shape index (κ1) is 13.4. The third kappa shape index (κ3) is 3.47. The van der Waals surface area contributed by atoms with E-state index in [0.717, 1.165) is 30.8 Å². The zero-order chi connectivity index (χ0) is 13.1. The summed E-state index contributed by atoms with van der Waals surface area (Å²) in [5.74, 6) is 0.565. The molecule has 1 unspecified atom stereocenters. The number of carbonyl (C=O) groups excluding carboxylic acids is 1. The molecule has 0 saturated carbocycles. The number of carbonyl (C=O) groups is 1. The molecular weight excluding hydrogens is 248 g/mol. The minimum absolute atomic E-state index is 0.0840. The van der Waals surface area contributed by atoms with E-state index in [9.17, 15) is 4.79 Å². The zero-order valence-electron chi connectivity index (χ0n) is 10.9. The van der Waals surface area contributed by atoms with E-state index < -0.39 is 0 Å². The van der Waals surface area contributed by atoms with Gasteiger partial charge in [0.15, 0.2) is 0 Å². The van der Waals surface area contributed by atoms with Crippen LogP contribution in [0.15, 0.2) is 18.2 Å². The van der Waals surface area contributed by atoms with Crippen molar-refractivity contribution in [1.29, 1.82) is 0 Å². The minimum atomic E-state index is 0.0840. The van der Waals surface area contributed by atoms with Crippen LogP contribution in [0.3, 0.4) is 0 Å². The van der Waals surface area contributed by atoms with Gasteiger partial charge in [-0.05, 0) is 50.6 Å². The van der Waals surface area contributed by atoms with Crippen molar-refractivity contribution in [2.24, 2.45) is 5.92 Å². The number of anilines is 1. The van der Waals surface area contributed by atoms with Gasteiger partial charge in [0.1, 0.15) is 0 Å². The topological polar surface area (TPSA) is 32.3 Å². The first-order valence-electron chi connectivity index (χ1n) is 6.29. The third-order valence-corrected chi connectivity index (χ3v) is 3.67. The van der Waals surface area contributed by atoms with Crippen LogP contribution in [0.2, 0.25) is 5.02 Å². The smallest absolute Gasteiger partial charge is 0.224 e. The number of rotatable bonds is 3. The summed E-state index contributed by atoms with van der Waals surface area (Å²) >= 11 is 5.93. The average molecular weight is 267 g/mol. The SMILES string of the molecule is Cc1ccc(Cl)cc1NC(=O)CC1CCN(C)C1. The monoisotopic (exact) mass is 266 g/mol. The molecule has 1 aromatic carbocycles. The summed E-state index contributed by atoms with van der Waals surface area (Å²) in [6, 6.07) is 5.55. The highest BCUT2D eigenvalue weighted by Crippen LogP contribution is 2.22. The number of halogens is 1. The Kier molecular flexibility index (Phi) is 4.25. The van der Waals surface area contributed by atoms with Crippen LogP contribution in [0.5, 0.6) is 0 Å². The Hall–Kier alpha value is -1.06. The van der Waals surface area contributed by atoms with Crippen LogP contribution in [0.4, 0.5) is 5.69 Å². The van der Waals surface area contributed by atoms with Gasteiger partial charge in [-0.25, -0.2) is 0 Å². The highest BCUT2D eigenvalue weighted by molar-refractivity contribution is 6.31. The molecule has 0 spiro atoms. The third-order valence-electron chi connectivity index (χ3n) is 3.44. The summed E-state index contributed by atoms with van der Waals surface area (Å²) in [6.45, 7) is 4.07. The largest absolute Gasteiger partial charge is 0.326 e. The van der Waals surface area contributed by atoms with Crippen molar-refractivity contribution in [2.45, 2.75) is 19.8 Å². The van der Waals surface area contributed by atoms with Crippen molar-refractivity contribution in [2.75, 3.05) is 25.5 Å². The first-order chi connectivity index (χ1) is 8.54. The molecule has 1 saturated heterocycles. The fourth-order valence-electron chi connectivity index (χ4n) is 2.39. The van der Waals surface area contributed by atoms with Gasteiger partial charge in [-0.3, -0.25) is 4.79 Å². The van der Waals surface area contributed by atoms with Crippen LogP contribution in [0.25, 0.3) is 0 Å². The lowest BCUT2D eigenvalue weighted by atomic mass is 10.0. The molecule has 1 aliphatic heterocycles. The molecule has 2 rings (SSSR count). The summed E-state index contributed by atoms with van der Waals surface area (Å²) < 4.78 is 0. The first-order valence-corrected chi connectivity index (χ1v) is 6.67. The van der Waals surface area contributed by atoms with Crippen LogP contribution < -0.4 is 5.32 Å². The fourth-order valence-corrected chi connectivity index (χ4v) is 2.56. The van der Waals surface area contributed by atoms with E-state index in [0.29, 0.717) is 17.4 Å². The van der Waals surface area contributed by atoms with E-state index >= 15 is 0 Å². The molecule has 0 radical (unpaired) electrons. The number of nitrogens with zero attached hydrogens (tertiary/aromatic N) is 1. The maximum absolute atomic E-state index is 12.0. The number of amides is 1. The highest BCUT2D eigenvalue weighted by Gasteiger charge is 2.22. The summed E-state index contributed by atoms with van der Waals surface area (Å²) in [5, 5.41) is 3.60.